The third-order valence-corrected chi connectivity index (χ3v) is 2.93. The third kappa shape index (κ3) is 5.73. The summed E-state index contributed by atoms with van der Waals surface area (Å²) < 4.78 is 5.71. The summed E-state index contributed by atoms with van der Waals surface area (Å²) in [7, 11) is 0. The fraction of sp³-hybridized carbons (Fsp3) is 0.600. The van der Waals surface area contributed by atoms with Gasteiger partial charge in [-0.2, -0.15) is 0 Å². The van der Waals surface area contributed by atoms with Crippen LogP contribution in [0.25, 0.3) is 0 Å². The fourth-order valence-corrected chi connectivity index (χ4v) is 1.85. The standard InChI is InChI=1S/C15H25NO/c1-4-14-8-10-15(11-9-14)17-12-6-7-13(3)16-5-2/h8-11,13,16H,4-7,12H2,1-3H3. The minimum atomic E-state index is 0.589. The maximum Gasteiger partial charge on any atom is 0.119 e. The minimum absolute atomic E-state index is 0.589. The Morgan fingerprint density at radius 2 is 1.88 bits per heavy atom. The van der Waals surface area contributed by atoms with Gasteiger partial charge in [-0.1, -0.05) is 26.0 Å². The molecule has 0 fully saturated rings. The number of hydrogen-bond acceptors (Lipinski definition) is 2. The van der Waals surface area contributed by atoms with Gasteiger partial charge in [-0.3, -0.25) is 0 Å². The highest BCUT2D eigenvalue weighted by molar-refractivity contribution is 5.27. The van der Waals surface area contributed by atoms with E-state index < -0.39 is 0 Å². The maximum atomic E-state index is 5.71. The molecule has 0 aromatic heterocycles. The van der Waals surface area contributed by atoms with Crippen LogP contribution in [0, 0.1) is 0 Å². The molecule has 1 unspecified atom stereocenters. The molecule has 2 nitrogen and oxygen atoms in total. The van der Waals surface area contributed by atoms with Gasteiger partial charge < -0.3 is 10.1 Å². The van der Waals surface area contributed by atoms with Gasteiger partial charge >= 0.3 is 0 Å². The Balaban J connectivity index is 2.17. The molecule has 0 aliphatic rings. The molecular formula is C15H25NO. The molecule has 0 spiro atoms. The summed E-state index contributed by atoms with van der Waals surface area (Å²) in [5.41, 5.74) is 1.36. The van der Waals surface area contributed by atoms with Gasteiger partial charge in [0.05, 0.1) is 6.61 Å². The summed E-state index contributed by atoms with van der Waals surface area (Å²) in [5, 5.41) is 3.40. The predicted molar refractivity (Wildman–Crippen MR) is 73.7 cm³/mol. The Hall–Kier alpha value is -1.02. The van der Waals surface area contributed by atoms with Crippen molar-refractivity contribution in [1.29, 1.82) is 0 Å². The van der Waals surface area contributed by atoms with Crippen molar-refractivity contribution in [1.82, 2.24) is 5.32 Å². The molecule has 0 aliphatic heterocycles. The van der Waals surface area contributed by atoms with E-state index in [9.17, 15) is 0 Å². The molecule has 1 aromatic carbocycles. The molecule has 17 heavy (non-hydrogen) atoms. The first-order valence-corrected chi connectivity index (χ1v) is 6.71. The lowest BCUT2D eigenvalue weighted by molar-refractivity contribution is 0.298. The SMILES string of the molecule is CCNC(C)CCCOc1ccc(CC)cc1. The molecule has 0 amide bonds. The first-order chi connectivity index (χ1) is 8.26. The van der Waals surface area contributed by atoms with Crippen LogP contribution < -0.4 is 10.1 Å². The molecule has 2 heteroatoms. The van der Waals surface area contributed by atoms with E-state index in [0.29, 0.717) is 6.04 Å². The summed E-state index contributed by atoms with van der Waals surface area (Å²) in [6.07, 6.45) is 3.35. The molecule has 0 heterocycles. The molecule has 0 bridgehead atoms. The maximum absolute atomic E-state index is 5.71. The van der Waals surface area contributed by atoms with Crippen LogP contribution in [0.3, 0.4) is 0 Å². The molecule has 1 aromatic rings. The monoisotopic (exact) mass is 235 g/mol. The van der Waals surface area contributed by atoms with E-state index >= 15 is 0 Å². The van der Waals surface area contributed by atoms with Gasteiger partial charge in [-0.05, 0) is 50.4 Å². The summed E-state index contributed by atoms with van der Waals surface area (Å²) in [6, 6.07) is 8.98. The number of hydrogen-bond donors (Lipinski definition) is 1. The second-order valence-corrected chi connectivity index (χ2v) is 4.45. The van der Waals surface area contributed by atoms with Crippen LogP contribution in [0.5, 0.6) is 5.75 Å². The van der Waals surface area contributed by atoms with Gasteiger partial charge in [0, 0.05) is 6.04 Å². The average molecular weight is 235 g/mol. The molecule has 0 radical (unpaired) electrons. The van der Waals surface area contributed by atoms with Crippen molar-refractivity contribution in [2.24, 2.45) is 0 Å². The first-order valence-electron chi connectivity index (χ1n) is 6.71. The van der Waals surface area contributed by atoms with Gasteiger partial charge in [0.1, 0.15) is 5.75 Å². The van der Waals surface area contributed by atoms with Crippen molar-refractivity contribution in [3.63, 3.8) is 0 Å². The Morgan fingerprint density at radius 1 is 1.18 bits per heavy atom. The van der Waals surface area contributed by atoms with Crippen LogP contribution in [0.4, 0.5) is 0 Å². The summed E-state index contributed by atoms with van der Waals surface area (Å²) >= 11 is 0. The lowest BCUT2D eigenvalue weighted by Crippen LogP contribution is -2.25. The zero-order valence-electron chi connectivity index (χ0n) is 11.3. The summed E-state index contributed by atoms with van der Waals surface area (Å²) in [5.74, 6) is 0.985. The number of nitrogens with one attached hydrogen (secondary N) is 1. The largest absolute Gasteiger partial charge is 0.494 e. The van der Waals surface area contributed by atoms with E-state index in [-0.39, 0.29) is 0 Å². The highest BCUT2D eigenvalue weighted by atomic mass is 16.5. The zero-order chi connectivity index (χ0) is 12.5. The summed E-state index contributed by atoms with van der Waals surface area (Å²) in [6.45, 7) is 8.38. The number of aryl methyl sites for hydroxylation is 1. The van der Waals surface area contributed by atoms with Gasteiger partial charge in [-0.25, -0.2) is 0 Å². The van der Waals surface area contributed by atoms with Crippen LogP contribution in [0.2, 0.25) is 0 Å². The highest BCUT2D eigenvalue weighted by Crippen LogP contribution is 2.13. The fourth-order valence-electron chi connectivity index (χ4n) is 1.85. The lowest BCUT2D eigenvalue weighted by Gasteiger charge is -2.12. The van der Waals surface area contributed by atoms with Crippen LogP contribution >= 0.6 is 0 Å². The van der Waals surface area contributed by atoms with E-state index in [4.69, 9.17) is 4.74 Å². The highest BCUT2D eigenvalue weighted by Gasteiger charge is 1.99. The average Bonchev–Trinajstić information content (AvgIpc) is 2.36. The quantitative estimate of drug-likeness (QED) is 0.697. The van der Waals surface area contributed by atoms with Crippen LogP contribution in [-0.2, 0) is 6.42 Å². The number of rotatable bonds is 8. The number of benzene rings is 1. The smallest absolute Gasteiger partial charge is 0.119 e. The molecule has 0 saturated carbocycles. The molecule has 96 valence electrons. The third-order valence-electron chi connectivity index (χ3n) is 2.93. The zero-order valence-corrected chi connectivity index (χ0v) is 11.3. The topological polar surface area (TPSA) is 21.3 Å². The Kier molecular flexibility index (Phi) is 6.71. The van der Waals surface area contributed by atoms with E-state index in [2.05, 4.69) is 50.4 Å². The van der Waals surface area contributed by atoms with Gasteiger partial charge in [0.25, 0.3) is 0 Å². The van der Waals surface area contributed by atoms with Crippen molar-refractivity contribution in [3.05, 3.63) is 29.8 Å². The van der Waals surface area contributed by atoms with Crippen molar-refractivity contribution in [2.75, 3.05) is 13.2 Å². The van der Waals surface area contributed by atoms with Crippen molar-refractivity contribution < 1.29 is 4.74 Å². The molecule has 0 saturated heterocycles. The van der Waals surface area contributed by atoms with Crippen molar-refractivity contribution in [2.45, 2.75) is 46.1 Å². The first kappa shape index (κ1) is 14.0. The van der Waals surface area contributed by atoms with E-state index in [0.717, 1.165) is 31.7 Å². The van der Waals surface area contributed by atoms with Crippen LogP contribution in [-0.4, -0.2) is 19.2 Å². The van der Waals surface area contributed by atoms with Crippen molar-refractivity contribution in [3.8, 4) is 5.75 Å². The molecule has 1 rings (SSSR count). The molecule has 0 aliphatic carbocycles. The van der Waals surface area contributed by atoms with Gasteiger partial charge in [0.15, 0.2) is 0 Å². The number of ether oxygens (including phenoxy) is 1. The Morgan fingerprint density at radius 3 is 2.47 bits per heavy atom. The summed E-state index contributed by atoms with van der Waals surface area (Å²) in [4.78, 5) is 0. The van der Waals surface area contributed by atoms with E-state index in [1.165, 1.54) is 12.0 Å². The van der Waals surface area contributed by atoms with E-state index in [1.807, 2.05) is 0 Å². The lowest BCUT2D eigenvalue weighted by atomic mass is 10.2. The Labute approximate surface area is 105 Å². The van der Waals surface area contributed by atoms with Crippen LogP contribution in [0.15, 0.2) is 24.3 Å². The van der Waals surface area contributed by atoms with Gasteiger partial charge in [0.2, 0.25) is 0 Å². The predicted octanol–water partition coefficient (Wildman–Crippen LogP) is 3.41. The molecule has 1 N–H and O–H groups in total. The second kappa shape index (κ2) is 8.13. The normalized spacial score (nSPS) is 12.4. The second-order valence-electron chi connectivity index (χ2n) is 4.45. The van der Waals surface area contributed by atoms with E-state index in [1.54, 1.807) is 0 Å². The van der Waals surface area contributed by atoms with Gasteiger partial charge in [-0.15, -0.1) is 0 Å². The minimum Gasteiger partial charge on any atom is -0.494 e. The molecule has 1 atom stereocenters. The Bertz CT molecular complexity index is 294. The molecular weight excluding hydrogens is 210 g/mol. The van der Waals surface area contributed by atoms with Crippen LogP contribution in [0.1, 0.15) is 39.2 Å². The van der Waals surface area contributed by atoms with Crippen molar-refractivity contribution >= 4 is 0 Å².